The van der Waals surface area contributed by atoms with Crippen molar-refractivity contribution in [3.63, 3.8) is 0 Å². The highest BCUT2D eigenvalue weighted by Crippen LogP contribution is 2.10. The van der Waals surface area contributed by atoms with Gasteiger partial charge in [0.1, 0.15) is 0 Å². The van der Waals surface area contributed by atoms with Crippen molar-refractivity contribution < 1.29 is 0 Å². The van der Waals surface area contributed by atoms with Gasteiger partial charge in [-0.2, -0.15) is 0 Å². The molecule has 2 nitrogen and oxygen atoms in total. The Morgan fingerprint density at radius 2 is 1.83 bits per heavy atom. The highest BCUT2D eigenvalue weighted by atomic mass is 14.8. The van der Waals surface area contributed by atoms with E-state index in [2.05, 4.69) is 54.5 Å². The highest BCUT2D eigenvalue weighted by molar-refractivity contribution is 5.30. The summed E-state index contributed by atoms with van der Waals surface area (Å²) in [4.78, 5) is 4.02. The van der Waals surface area contributed by atoms with Crippen molar-refractivity contribution in [2.24, 2.45) is 0 Å². The Morgan fingerprint density at radius 1 is 1.06 bits per heavy atom. The molecule has 1 N–H and O–H groups in total. The molecule has 0 saturated heterocycles. The lowest BCUT2D eigenvalue weighted by atomic mass is 10.1. The first kappa shape index (κ1) is 12.8. The van der Waals surface area contributed by atoms with Gasteiger partial charge in [0.25, 0.3) is 0 Å². The van der Waals surface area contributed by atoms with Gasteiger partial charge in [0.15, 0.2) is 0 Å². The minimum Gasteiger partial charge on any atom is -0.312 e. The van der Waals surface area contributed by atoms with E-state index in [1.807, 2.05) is 12.4 Å². The van der Waals surface area contributed by atoms with Crippen LogP contribution in [0.15, 0.2) is 42.7 Å². The largest absolute Gasteiger partial charge is 0.312 e. The molecule has 0 aliphatic rings. The molecular formula is C16H20N2. The van der Waals surface area contributed by atoms with Crippen molar-refractivity contribution >= 4 is 0 Å². The summed E-state index contributed by atoms with van der Waals surface area (Å²) in [5.74, 6) is 0. The second-order valence-electron chi connectivity index (χ2n) is 4.71. The van der Waals surface area contributed by atoms with Gasteiger partial charge in [0, 0.05) is 18.9 Å². The van der Waals surface area contributed by atoms with Crippen molar-refractivity contribution in [3.8, 4) is 0 Å². The van der Waals surface area contributed by atoms with Gasteiger partial charge in [-0.3, -0.25) is 4.98 Å². The van der Waals surface area contributed by atoms with Crippen LogP contribution in [-0.4, -0.2) is 11.5 Å². The number of rotatable bonds is 5. The summed E-state index contributed by atoms with van der Waals surface area (Å²) in [5, 5.41) is 3.49. The zero-order chi connectivity index (χ0) is 12.8. The summed E-state index contributed by atoms with van der Waals surface area (Å²) in [7, 11) is 0. The molecular weight excluding hydrogens is 220 g/mol. The summed E-state index contributed by atoms with van der Waals surface area (Å²) < 4.78 is 0. The molecule has 0 spiro atoms. The summed E-state index contributed by atoms with van der Waals surface area (Å²) in [6.45, 7) is 6.25. The average Bonchev–Trinajstić information content (AvgIpc) is 2.38. The lowest BCUT2D eigenvalue weighted by molar-refractivity contribution is 0.684. The molecule has 1 aromatic carbocycles. The number of aromatic nitrogens is 1. The van der Waals surface area contributed by atoms with Gasteiger partial charge >= 0.3 is 0 Å². The zero-order valence-corrected chi connectivity index (χ0v) is 11.1. The third-order valence-corrected chi connectivity index (χ3v) is 3.15. The third-order valence-electron chi connectivity index (χ3n) is 3.15. The molecule has 0 amide bonds. The van der Waals surface area contributed by atoms with E-state index in [4.69, 9.17) is 0 Å². The molecule has 2 heteroatoms. The van der Waals surface area contributed by atoms with Crippen LogP contribution in [0.4, 0.5) is 0 Å². The fourth-order valence-electron chi connectivity index (χ4n) is 2.05. The standard InChI is InChI=1S/C16H20N2/c1-13-3-4-16(14(2)11-13)12-18-10-7-15-5-8-17-9-6-15/h3-6,8-9,11,18H,7,10,12H2,1-2H3. The van der Waals surface area contributed by atoms with Crippen LogP contribution < -0.4 is 5.32 Å². The van der Waals surface area contributed by atoms with Crippen LogP contribution >= 0.6 is 0 Å². The topological polar surface area (TPSA) is 24.9 Å². The second-order valence-corrected chi connectivity index (χ2v) is 4.71. The normalized spacial score (nSPS) is 10.6. The number of hydrogen-bond donors (Lipinski definition) is 1. The first-order chi connectivity index (χ1) is 8.75. The molecule has 0 aliphatic heterocycles. The molecule has 0 radical (unpaired) electrons. The minimum absolute atomic E-state index is 0.942. The third kappa shape index (κ3) is 3.67. The zero-order valence-electron chi connectivity index (χ0n) is 11.1. The van der Waals surface area contributed by atoms with Crippen molar-refractivity contribution in [1.29, 1.82) is 0 Å². The van der Waals surface area contributed by atoms with E-state index in [1.165, 1.54) is 22.3 Å². The Labute approximate surface area is 109 Å². The van der Waals surface area contributed by atoms with E-state index in [1.54, 1.807) is 0 Å². The maximum atomic E-state index is 4.02. The van der Waals surface area contributed by atoms with E-state index in [-0.39, 0.29) is 0 Å². The molecule has 94 valence electrons. The predicted molar refractivity (Wildman–Crippen MR) is 75.6 cm³/mol. The summed E-state index contributed by atoms with van der Waals surface area (Å²) in [6.07, 6.45) is 4.74. The number of nitrogens with one attached hydrogen (secondary N) is 1. The SMILES string of the molecule is Cc1ccc(CNCCc2ccncc2)c(C)c1. The lowest BCUT2D eigenvalue weighted by Gasteiger charge is -2.08. The molecule has 0 unspecified atom stereocenters. The summed E-state index contributed by atoms with van der Waals surface area (Å²) in [5.41, 5.74) is 5.41. The van der Waals surface area contributed by atoms with E-state index >= 15 is 0 Å². The van der Waals surface area contributed by atoms with Crippen LogP contribution in [0.2, 0.25) is 0 Å². The number of aryl methyl sites for hydroxylation is 2. The van der Waals surface area contributed by atoms with Gasteiger partial charge < -0.3 is 5.32 Å². The fourth-order valence-corrected chi connectivity index (χ4v) is 2.05. The maximum absolute atomic E-state index is 4.02. The van der Waals surface area contributed by atoms with Crippen LogP contribution in [0, 0.1) is 13.8 Å². The van der Waals surface area contributed by atoms with Crippen molar-refractivity contribution in [1.82, 2.24) is 10.3 Å². The first-order valence-electron chi connectivity index (χ1n) is 6.41. The number of pyridine rings is 1. The van der Waals surface area contributed by atoms with E-state index in [9.17, 15) is 0 Å². The monoisotopic (exact) mass is 240 g/mol. The van der Waals surface area contributed by atoms with Gasteiger partial charge in [-0.25, -0.2) is 0 Å². The average molecular weight is 240 g/mol. The Hall–Kier alpha value is -1.67. The summed E-state index contributed by atoms with van der Waals surface area (Å²) >= 11 is 0. The molecule has 0 atom stereocenters. The molecule has 1 aromatic heterocycles. The van der Waals surface area contributed by atoms with Crippen molar-refractivity contribution in [2.75, 3.05) is 6.54 Å². The molecule has 0 fully saturated rings. The van der Waals surface area contributed by atoms with Gasteiger partial charge in [0.05, 0.1) is 0 Å². The van der Waals surface area contributed by atoms with E-state index in [0.717, 1.165) is 19.5 Å². The molecule has 2 rings (SSSR count). The first-order valence-corrected chi connectivity index (χ1v) is 6.41. The predicted octanol–water partition coefficient (Wildman–Crippen LogP) is 3.03. The molecule has 0 bridgehead atoms. The Balaban J connectivity index is 1.79. The van der Waals surface area contributed by atoms with Crippen molar-refractivity contribution in [3.05, 3.63) is 65.0 Å². The molecule has 0 saturated carbocycles. The quantitative estimate of drug-likeness (QED) is 0.813. The van der Waals surface area contributed by atoms with Crippen LogP contribution in [0.3, 0.4) is 0 Å². The number of benzene rings is 1. The van der Waals surface area contributed by atoms with E-state index in [0.29, 0.717) is 0 Å². The minimum atomic E-state index is 0.942. The Morgan fingerprint density at radius 3 is 2.56 bits per heavy atom. The van der Waals surface area contributed by atoms with Crippen molar-refractivity contribution in [2.45, 2.75) is 26.8 Å². The molecule has 18 heavy (non-hydrogen) atoms. The number of nitrogens with zero attached hydrogens (tertiary/aromatic N) is 1. The second kappa shape index (κ2) is 6.31. The maximum Gasteiger partial charge on any atom is 0.0270 e. The Kier molecular flexibility index (Phi) is 4.48. The number of hydrogen-bond acceptors (Lipinski definition) is 2. The molecule has 1 heterocycles. The summed E-state index contributed by atoms with van der Waals surface area (Å²) in [6, 6.07) is 10.8. The van der Waals surface area contributed by atoms with Gasteiger partial charge in [-0.05, 0) is 55.6 Å². The fraction of sp³-hybridized carbons (Fsp3) is 0.312. The molecule has 0 aliphatic carbocycles. The van der Waals surface area contributed by atoms with Crippen LogP contribution in [0.1, 0.15) is 22.3 Å². The van der Waals surface area contributed by atoms with Crippen LogP contribution in [-0.2, 0) is 13.0 Å². The smallest absolute Gasteiger partial charge is 0.0270 e. The van der Waals surface area contributed by atoms with Gasteiger partial charge in [0.2, 0.25) is 0 Å². The highest BCUT2D eigenvalue weighted by Gasteiger charge is 1.98. The lowest BCUT2D eigenvalue weighted by Crippen LogP contribution is -2.17. The van der Waals surface area contributed by atoms with E-state index < -0.39 is 0 Å². The van der Waals surface area contributed by atoms with Gasteiger partial charge in [-0.15, -0.1) is 0 Å². The van der Waals surface area contributed by atoms with Crippen LogP contribution in [0.5, 0.6) is 0 Å². The van der Waals surface area contributed by atoms with Crippen LogP contribution in [0.25, 0.3) is 0 Å². The van der Waals surface area contributed by atoms with Gasteiger partial charge in [-0.1, -0.05) is 23.8 Å². The Bertz CT molecular complexity index is 492. The molecule has 2 aromatic rings.